The van der Waals surface area contributed by atoms with Gasteiger partial charge in [-0.3, -0.25) is 0 Å². The number of rotatable bonds is 2. The van der Waals surface area contributed by atoms with Crippen molar-refractivity contribution in [2.75, 3.05) is 13.6 Å². The molecule has 1 heterocycles. The Bertz CT molecular complexity index is 156. The van der Waals surface area contributed by atoms with Crippen LogP contribution in [-0.4, -0.2) is 30.7 Å². The molecule has 0 aromatic rings. The summed E-state index contributed by atoms with van der Waals surface area (Å²) in [6.07, 6.45) is 2.30. The first-order valence-electron chi connectivity index (χ1n) is 3.26. The van der Waals surface area contributed by atoms with Gasteiger partial charge in [-0.1, -0.05) is 6.08 Å². The largest absolute Gasteiger partial charge is 0.444 e. The highest BCUT2D eigenvalue weighted by atomic mass is 16.6. The first-order chi connectivity index (χ1) is 4.74. The van der Waals surface area contributed by atoms with Gasteiger partial charge in [-0.25, -0.2) is 4.79 Å². The minimum atomic E-state index is -0.230. The van der Waals surface area contributed by atoms with Crippen LogP contribution >= 0.6 is 0 Å². The van der Waals surface area contributed by atoms with Gasteiger partial charge in [0.1, 0.15) is 6.10 Å². The van der Waals surface area contributed by atoms with E-state index in [1.165, 1.54) is 0 Å². The summed E-state index contributed by atoms with van der Waals surface area (Å²) in [5.41, 5.74) is 0. The second-order valence-corrected chi connectivity index (χ2v) is 2.41. The monoisotopic (exact) mass is 141 g/mol. The number of amides is 1. The molecule has 1 rings (SSSR count). The van der Waals surface area contributed by atoms with Crippen molar-refractivity contribution in [3.05, 3.63) is 12.7 Å². The summed E-state index contributed by atoms with van der Waals surface area (Å²) < 4.78 is 4.93. The molecule has 1 amide bonds. The van der Waals surface area contributed by atoms with Gasteiger partial charge in [-0.2, -0.15) is 0 Å². The molecule has 1 fully saturated rings. The Balaban J connectivity index is 2.41. The number of ether oxygens (including phenoxy) is 1. The number of hydrogen-bond acceptors (Lipinski definition) is 2. The van der Waals surface area contributed by atoms with Crippen LogP contribution in [0.1, 0.15) is 6.42 Å². The third-order valence-electron chi connectivity index (χ3n) is 1.49. The molecule has 0 saturated carbocycles. The Hall–Kier alpha value is -0.990. The quantitative estimate of drug-likeness (QED) is 0.537. The molecule has 3 heteroatoms. The van der Waals surface area contributed by atoms with Gasteiger partial charge < -0.3 is 9.64 Å². The third-order valence-corrected chi connectivity index (χ3v) is 1.49. The molecule has 3 nitrogen and oxygen atoms in total. The number of carbonyl (C=O) groups excluding carboxylic acids is 1. The van der Waals surface area contributed by atoms with Gasteiger partial charge in [-0.15, -0.1) is 6.58 Å². The fourth-order valence-corrected chi connectivity index (χ4v) is 0.958. The van der Waals surface area contributed by atoms with E-state index in [-0.39, 0.29) is 12.2 Å². The fraction of sp³-hybridized carbons (Fsp3) is 0.571. The van der Waals surface area contributed by atoms with E-state index < -0.39 is 0 Å². The molecule has 1 saturated heterocycles. The van der Waals surface area contributed by atoms with E-state index in [0.29, 0.717) is 6.54 Å². The van der Waals surface area contributed by atoms with Crippen LogP contribution in [0.5, 0.6) is 0 Å². The summed E-state index contributed by atoms with van der Waals surface area (Å²) in [5.74, 6) is 0. The molecule has 0 aliphatic carbocycles. The average Bonchev–Trinajstić information content (AvgIpc) is 2.14. The maximum atomic E-state index is 10.7. The fourth-order valence-electron chi connectivity index (χ4n) is 0.958. The van der Waals surface area contributed by atoms with Gasteiger partial charge in [0.05, 0.1) is 6.54 Å². The lowest BCUT2D eigenvalue weighted by molar-refractivity contribution is 0.135. The maximum absolute atomic E-state index is 10.7. The zero-order valence-electron chi connectivity index (χ0n) is 6.04. The van der Waals surface area contributed by atoms with Crippen LogP contribution in [0.15, 0.2) is 12.7 Å². The number of carbonyl (C=O) groups is 1. The average molecular weight is 141 g/mol. The molecule has 56 valence electrons. The first kappa shape index (κ1) is 7.12. The highest BCUT2D eigenvalue weighted by Crippen LogP contribution is 2.11. The second kappa shape index (κ2) is 2.73. The van der Waals surface area contributed by atoms with E-state index in [1.54, 1.807) is 18.0 Å². The standard InChI is InChI=1S/C7H11NO2/c1-3-4-6-5-8(2)7(9)10-6/h3,6H,1,4-5H2,2H3. The molecule has 0 bridgehead atoms. The minimum Gasteiger partial charge on any atom is -0.444 e. The van der Waals surface area contributed by atoms with Crippen LogP contribution in [0.4, 0.5) is 4.79 Å². The summed E-state index contributed by atoms with van der Waals surface area (Å²) in [6.45, 7) is 4.25. The Morgan fingerprint density at radius 1 is 2.00 bits per heavy atom. The lowest BCUT2D eigenvalue weighted by atomic mass is 10.2. The molecular formula is C7H11NO2. The summed E-state index contributed by atoms with van der Waals surface area (Å²) in [7, 11) is 1.73. The molecule has 1 atom stereocenters. The van der Waals surface area contributed by atoms with Crippen molar-refractivity contribution in [2.45, 2.75) is 12.5 Å². The van der Waals surface area contributed by atoms with Gasteiger partial charge >= 0.3 is 6.09 Å². The van der Waals surface area contributed by atoms with Crippen molar-refractivity contribution in [1.29, 1.82) is 0 Å². The molecule has 0 N–H and O–H groups in total. The van der Waals surface area contributed by atoms with Crippen molar-refractivity contribution in [3.63, 3.8) is 0 Å². The molecular weight excluding hydrogens is 130 g/mol. The molecule has 0 aromatic heterocycles. The molecule has 10 heavy (non-hydrogen) atoms. The van der Waals surface area contributed by atoms with Crippen LogP contribution in [0, 0.1) is 0 Å². The van der Waals surface area contributed by atoms with E-state index in [4.69, 9.17) is 4.74 Å². The lowest BCUT2D eigenvalue weighted by Gasteiger charge is -2.01. The van der Waals surface area contributed by atoms with Crippen molar-refractivity contribution >= 4 is 6.09 Å². The summed E-state index contributed by atoms with van der Waals surface area (Å²) in [5, 5.41) is 0. The lowest BCUT2D eigenvalue weighted by Crippen LogP contribution is -2.18. The Kier molecular flexibility index (Phi) is 1.94. The first-order valence-corrected chi connectivity index (χ1v) is 3.26. The summed E-state index contributed by atoms with van der Waals surface area (Å²) >= 11 is 0. The van der Waals surface area contributed by atoms with E-state index in [0.717, 1.165) is 6.42 Å². The highest BCUT2D eigenvalue weighted by molar-refractivity contribution is 5.69. The van der Waals surface area contributed by atoms with E-state index in [9.17, 15) is 4.79 Å². The van der Waals surface area contributed by atoms with Gasteiger partial charge in [0.25, 0.3) is 0 Å². The molecule has 1 aliphatic heterocycles. The summed E-state index contributed by atoms with van der Waals surface area (Å²) in [4.78, 5) is 12.3. The zero-order chi connectivity index (χ0) is 7.56. The maximum Gasteiger partial charge on any atom is 0.409 e. The van der Waals surface area contributed by atoms with Crippen LogP contribution in [0.25, 0.3) is 0 Å². The molecule has 0 aromatic carbocycles. The van der Waals surface area contributed by atoms with Crippen molar-refractivity contribution in [1.82, 2.24) is 4.90 Å². The van der Waals surface area contributed by atoms with Crippen LogP contribution in [0.2, 0.25) is 0 Å². The third kappa shape index (κ3) is 1.29. The molecule has 1 unspecified atom stereocenters. The van der Waals surface area contributed by atoms with Crippen LogP contribution in [0.3, 0.4) is 0 Å². The number of hydrogen-bond donors (Lipinski definition) is 0. The van der Waals surface area contributed by atoms with Gasteiger partial charge in [0, 0.05) is 13.5 Å². The zero-order valence-corrected chi connectivity index (χ0v) is 6.04. The predicted molar refractivity (Wildman–Crippen MR) is 37.7 cm³/mol. The number of nitrogens with zero attached hydrogens (tertiary/aromatic N) is 1. The molecule has 0 radical (unpaired) electrons. The normalized spacial score (nSPS) is 24.7. The van der Waals surface area contributed by atoms with Crippen molar-refractivity contribution < 1.29 is 9.53 Å². The van der Waals surface area contributed by atoms with Crippen molar-refractivity contribution in [3.8, 4) is 0 Å². The SMILES string of the molecule is C=CCC1CN(C)C(=O)O1. The Morgan fingerprint density at radius 3 is 3.10 bits per heavy atom. The number of cyclic esters (lactones) is 1. The van der Waals surface area contributed by atoms with Crippen molar-refractivity contribution in [2.24, 2.45) is 0 Å². The van der Waals surface area contributed by atoms with Crippen LogP contribution < -0.4 is 0 Å². The van der Waals surface area contributed by atoms with E-state index in [2.05, 4.69) is 6.58 Å². The smallest absolute Gasteiger partial charge is 0.409 e. The second-order valence-electron chi connectivity index (χ2n) is 2.41. The summed E-state index contributed by atoms with van der Waals surface area (Å²) in [6, 6.07) is 0. The van der Waals surface area contributed by atoms with E-state index in [1.807, 2.05) is 0 Å². The number of likely N-dealkylation sites (N-methyl/N-ethyl adjacent to an activating group) is 1. The highest BCUT2D eigenvalue weighted by Gasteiger charge is 2.26. The topological polar surface area (TPSA) is 29.5 Å². The van der Waals surface area contributed by atoms with E-state index >= 15 is 0 Å². The van der Waals surface area contributed by atoms with Gasteiger partial charge in [0.2, 0.25) is 0 Å². The van der Waals surface area contributed by atoms with Gasteiger partial charge in [0.15, 0.2) is 0 Å². The predicted octanol–water partition coefficient (Wildman–Crippen LogP) is 1.01. The van der Waals surface area contributed by atoms with Gasteiger partial charge in [-0.05, 0) is 0 Å². The molecule has 0 spiro atoms. The minimum absolute atomic E-state index is 0.0231. The van der Waals surface area contributed by atoms with Crippen LogP contribution in [-0.2, 0) is 4.74 Å². The molecule has 1 aliphatic rings. The Labute approximate surface area is 60.3 Å². The Morgan fingerprint density at radius 2 is 2.70 bits per heavy atom.